The first kappa shape index (κ1) is 23.1. The van der Waals surface area contributed by atoms with Gasteiger partial charge in [-0.25, -0.2) is 0 Å². The van der Waals surface area contributed by atoms with Crippen LogP contribution in [0.3, 0.4) is 0 Å². The van der Waals surface area contributed by atoms with Gasteiger partial charge < -0.3 is 14.7 Å². The molecule has 170 valence electrons. The minimum atomic E-state index is -0.949. The van der Waals surface area contributed by atoms with Gasteiger partial charge in [0.15, 0.2) is 0 Å². The maximum Gasteiger partial charge on any atom is 0.307 e. The van der Waals surface area contributed by atoms with E-state index in [1.807, 2.05) is 55.5 Å². The number of benzene rings is 2. The van der Waals surface area contributed by atoms with Crippen LogP contribution in [0.1, 0.15) is 56.2 Å². The van der Waals surface area contributed by atoms with E-state index < -0.39 is 17.6 Å². The van der Waals surface area contributed by atoms with E-state index in [0.29, 0.717) is 22.9 Å². The molecule has 2 aromatic carbocycles. The Morgan fingerprint density at radius 3 is 2.41 bits per heavy atom. The minimum absolute atomic E-state index is 0.0446. The Hall–Kier alpha value is -2.08. The lowest BCUT2D eigenvalue weighted by molar-refractivity contribution is -0.159. The molecular weight excluding hydrogens is 449 g/mol. The molecule has 0 saturated carbocycles. The second-order valence-corrected chi connectivity index (χ2v) is 9.78. The van der Waals surface area contributed by atoms with Gasteiger partial charge in [-0.1, -0.05) is 54.4 Å². The lowest BCUT2D eigenvalue weighted by atomic mass is 9.67. The van der Waals surface area contributed by atoms with E-state index in [2.05, 4.69) is 0 Å². The molecule has 2 aliphatic heterocycles. The molecule has 32 heavy (non-hydrogen) atoms. The zero-order valence-electron chi connectivity index (χ0n) is 18.1. The normalized spacial score (nSPS) is 27.5. The summed E-state index contributed by atoms with van der Waals surface area (Å²) in [5.74, 6) is -0.651. The monoisotopic (exact) mass is 475 g/mol. The number of cyclic esters (lactones) is 1. The maximum atomic E-state index is 14.0. The van der Waals surface area contributed by atoms with Crippen LogP contribution >= 0.6 is 23.2 Å². The molecule has 0 aliphatic carbocycles. The Bertz CT molecular complexity index is 1010. The highest BCUT2D eigenvalue weighted by atomic mass is 35.5. The number of carbonyl (C=O) groups is 2. The van der Waals surface area contributed by atoms with Crippen molar-refractivity contribution >= 4 is 35.1 Å². The smallest absolute Gasteiger partial charge is 0.307 e. The van der Waals surface area contributed by atoms with Crippen molar-refractivity contribution < 1.29 is 19.4 Å². The number of hydrogen-bond acceptors (Lipinski definition) is 4. The van der Waals surface area contributed by atoms with Gasteiger partial charge in [0.2, 0.25) is 5.91 Å². The summed E-state index contributed by atoms with van der Waals surface area (Å²) in [5.41, 5.74) is 0.955. The Kier molecular flexibility index (Phi) is 6.53. The third-order valence-electron chi connectivity index (χ3n) is 6.79. The van der Waals surface area contributed by atoms with Crippen LogP contribution in [0.15, 0.2) is 48.5 Å². The number of esters is 1. The number of piperidine rings is 1. The lowest BCUT2D eigenvalue weighted by Crippen LogP contribution is -2.59. The van der Waals surface area contributed by atoms with E-state index >= 15 is 0 Å². The number of hydrogen-bond donors (Lipinski definition) is 1. The largest absolute Gasteiger partial charge is 0.464 e. The number of halogens is 2. The summed E-state index contributed by atoms with van der Waals surface area (Å²) >= 11 is 12.5. The molecule has 1 spiro atoms. The van der Waals surface area contributed by atoms with Gasteiger partial charge in [-0.3, -0.25) is 9.59 Å². The van der Waals surface area contributed by atoms with Gasteiger partial charge in [-0.2, -0.15) is 0 Å². The summed E-state index contributed by atoms with van der Waals surface area (Å²) in [4.78, 5) is 28.0. The highest BCUT2D eigenvalue weighted by molar-refractivity contribution is 6.30. The molecule has 2 aliphatic rings. The number of amides is 1. The highest BCUT2D eigenvalue weighted by Gasteiger charge is 2.58. The van der Waals surface area contributed by atoms with E-state index in [-0.39, 0.29) is 36.9 Å². The summed E-state index contributed by atoms with van der Waals surface area (Å²) in [6, 6.07) is 14.3. The summed E-state index contributed by atoms with van der Waals surface area (Å²) < 4.78 is 5.31. The fourth-order valence-electron chi connectivity index (χ4n) is 5.30. The van der Waals surface area contributed by atoms with Gasteiger partial charge in [0.25, 0.3) is 0 Å². The molecule has 5 unspecified atom stereocenters. The third-order valence-corrected chi connectivity index (χ3v) is 7.28. The van der Waals surface area contributed by atoms with Gasteiger partial charge in [-0.05, 0) is 55.2 Å². The van der Waals surface area contributed by atoms with E-state index in [9.17, 15) is 14.7 Å². The van der Waals surface area contributed by atoms with Crippen LogP contribution in [-0.2, 0) is 14.3 Å². The standard InChI is InChI=1S/C25H27Cl2NO4/c1-3-21(15(2)29)28-23(16-7-9-18(26)10-8-16)20(17-5-4-6-19(27)11-17)12-25(24(28)31)13-22(30)32-14-25/h4-11,15,20-21,23,29H,3,12-14H2,1-2H3. The highest BCUT2D eigenvalue weighted by Crippen LogP contribution is 2.54. The van der Waals surface area contributed by atoms with Crippen LogP contribution < -0.4 is 0 Å². The Labute approximate surface area is 198 Å². The van der Waals surface area contributed by atoms with E-state index in [0.717, 1.165) is 11.1 Å². The number of nitrogens with zero attached hydrogens (tertiary/aromatic N) is 1. The maximum absolute atomic E-state index is 14.0. The quantitative estimate of drug-likeness (QED) is 0.607. The fourth-order valence-corrected chi connectivity index (χ4v) is 5.62. The van der Waals surface area contributed by atoms with Crippen LogP contribution in [-0.4, -0.2) is 40.6 Å². The van der Waals surface area contributed by atoms with E-state index in [1.54, 1.807) is 11.8 Å². The molecule has 7 heteroatoms. The number of aliphatic hydroxyl groups excluding tert-OH is 1. The van der Waals surface area contributed by atoms with Crippen LogP contribution in [0.25, 0.3) is 0 Å². The van der Waals surface area contributed by atoms with Crippen molar-refractivity contribution in [3.63, 3.8) is 0 Å². The lowest BCUT2D eigenvalue weighted by Gasteiger charge is -2.51. The Morgan fingerprint density at radius 2 is 1.84 bits per heavy atom. The number of likely N-dealkylation sites (tertiary alicyclic amines) is 1. The molecule has 1 amide bonds. The van der Waals surface area contributed by atoms with E-state index in [1.165, 1.54) is 0 Å². The average Bonchev–Trinajstić information content (AvgIpc) is 3.13. The molecular formula is C25H27Cl2NO4. The Morgan fingerprint density at radius 1 is 1.12 bits per heavy atom. The number of carbonyl (C=O) groups excluding carboxylic acids is 2. The second kappa shape index (κ2) is 9.05. The van der Waals surface area contributed by atoms with Crippen molar-refractivity contribution in [2.75, 3.05) is 6.61 Å². The predicted molar refractivity (Wildman–Crippen MR) is 124 cm³/mol. The molecule has 2 saturated heterocycles. The first-order valence-corrected chi connectivity index (χ1v) is 11.7. The number of ether oxygens (including phenoxy) is 1. The first-order chi connectivity index (χ1) is 15.3. The van der Waals surface area contributed by atoms with Gasteiger partial charge in [0.1, 0.15) is 6.61 Å². The van der Waals surface area contributed by atoms with Crippen molar-refractivity contribution in [2.45, 2.75) is 57.2 Å². The molecule has 1 N–H and O–H groups in total. The summed E-state index contributed by atoms with van der Waals surface area (Å²) in [6.07, 6.45) is 0.327. The molecule has 4 rings (SSSR count). The molecule has 5 nitrogen and oxygen atoms in total. The first-order valence-electron chi connectivity index (χ1n) is 10.9. The molecule has 0 aromatic heterocycles. The SMILES string of the molecule is CCC(C(C)O)N1C(=O)C2(COC(=O)C2)CC(c2cccc(Cl)c2)C1c1ccc(Cl)cc1. The van der Waals surface area contributed by atoms with Gasteiger partial charge in [-0.15, -0.1) is 0 Å². The van der Waals surface area contributed by atoms with Crippen LogP contribution in [0, 0.1) is 5.41 Å². The zero-order valence-corrected chi connectivity index (χ0v) is 19.6. The number of rotatable bonds is 5. The predicted octanol–water partition coefficient (Wildman–Crippen LogP) is 5.14. The number of aliphatic hydroxyl groups is 1. The molecule has 0 bridgehead atoms. The van der Waals surface area contributed by atoms with Crippen molar-refractivity contribution in [3.8, 4) is 0 Å². The molecule has 2 heterocycles. The van der Waals surface area contributed by atoms with Crippen LogP contribution in [0.5, 0.6) is 0 Å². The average molecular weight is 476 g/mol. The van der Waals surface area contributed by atoms with Gasteiger partial charge in [0, 0.05) is 16.0 Å². The topological polar surface area (TPSA) is 66.8 Å². The van der Waals surface area contributed by atoms with Crippen molar-refractivity contribution in [2.24, 2.45) is 5.41 Å². The molecule has 0 radical (unpaired) electrons. The molecule has 2 aromatic rings. The zero-order chi connectivity index (χ0) is 23.0. The van der Waals surface area contributed by atoms with Crippen LogP contribution in [0.4, 0.5) is 0 Å². The molecule has 2 fully saturated rings. The van der Waals surface area contributed by atoms with Gasteiger partial charge in [0.05, 0.1) is 30.0 Å². The second-order valence-electron chi connectivity index (χ2n) is 8.91. The van der Waals surface area contributed by atoms with Gasteiger partial charge >= 0.3 is 5.97 Å². The fraction of sp³-hybridized carbons (Fsp3) is 0.440. The van der Waals surface area contributed by atoms with Crippen molar-refractivity contribution in [1.29, 1.82) is 0 Å². The third kappa shape index (κ3) is 4.14. The van der Waals surface area contributed by atoms with Crippen LogP contribution in [0.2, 0.25) is 10.0 Å². The summed E-state index contributed by atoms with van der Waals surface area (Å²) in [7, 11) is 0. The summed E-state index contributed by atoms with van der Waals surface area (Å²) in [6.45, 7) is 3.71. The van der Waals surface area contributed by atoms with Crippen molar-refractivity contribution in [1.82, 2.24) is 4.90 Å². The molecule has 5 atom stereocenters. The minimum Gasteiger partial charge on any atom is -0.464 e. The Balaban J connectivity index is 1.92. The van der Waals surface area contributed by atoms with Crippen molar-refractivity contribution in [3.05, 3.63) is 69.7 Å². The van der Waals surface area contributed by atoms with E-state index in [4.69, 9.17) is 27.9 Å². The summed E-state index contributed by atoms with van der Waals surface area (Å²) in [5, 5.41) is 11.9.